The summed E-state index contributed by atoms with van der Waals surface area (Å²) in [6.45, 7) is 0. The van der Waals surface area contributed by atoms with Crippen molar-refractivity contribution in [2.45, 2.75) is 31.2 Å². The molecule has 1 aliphatic rings. The smallest absolute Gasteiger partial charge is 0.0595 e. The van der Waals surface area contributed by atoms with Gasteiger partial charge in [-0.05, 0) is 43.5 Å². The van der Waals surface area contributed by atoms with Crippen molar-refractivity contribution in [2.24, 2.45) is 0 Å². The van der Waals surface area contributed by atoms with Gasteiger partial charge in [0.1, 0.15) is 0 Å². The highest BCUT2D eigenvalue weighted by Crippen LogP contribution is 2.36. The summed E-state index contributed by atoms with van der Waals surface area (Å²) in [5.74, 6) is 0.588. The molecule has 2 rings (SSSR count). The lowest BCUT2D eigenvalue weighted by molar-refractivity contribution is 0.522. The average Bonchev–Trinajstić information content (AvgIpc) is 2.70. The molecule has 0 spiro atoms. The summed E-state index contributed by atoms with van der Waals surface area (Å²) in [4.78, 5) is 0. The molecule has 0 aromatic heterocycles. The standard InChI is InChI=1S/C12H15Cl2N/c1-15-12-4-2-3-9(12)8-5-6-10(13)11(14)7-8/h5-7,9,12,15H,2-4H2,1H3. The van der Waals surface area contributed by atoms with Crippen molar-refractivity contribution >= 4 is 23.2 Å². The Morgan fingerprint density at radius 3 is 2.67 bits per heavy atom. The Kier molecular flexibility index (Phi) is 3.55. The molecule has 1 aromatic carbocycles. The van der Waals surface area contributed by atoms with Gasteiger partial charge < -0.3 is 5.32 Å². The predicted octanol–water partition coefficient (Wildman–Crippen LogP) is 3.85. The lowest BCUT2D eigenvalue weighted by Crippen LogP contribution is -2.27. The van der Waals surface area contributed by atoms with Crippen molar-refractivity contribution in [1.29, 1.82) is 0 Å². The van der Waals surface area contributed by atoms with Crippen LogP contribution in [0.25, 0.3) is 0 Å². The van der Waals surface area contributed by atoms with Gasteiger partial charge in [-0.25, -0.2) is 0 Å². The average molecular weight is 244 g/mol. The minimum Gasteiger partial charge on any atom is -0.316 e. The molecule has 2 atom stereocenters. The largest absolute Gasteiger partial charge is 0.316 e. The van der Waals surface area contributed by atoms with Gasteiger partial charge in [0.05, 0.1) is 10.0 Å². The fourth-order valence-electron chi connectivity index (χ4n) is 2.45. The zero-order valence-corrected chi connectivity index (χ0v) is 10.3. The molecule has 0 amide bonds. The predicted molar refractivity (Wildman–Crippen MR) is 65.9 cm³/mol. The van der Waals surface area contributed by atoms with Gasteiger partial charge in [0, 0.05) is 6.04 Å². The van der Waals surface area contributed by atoms with Crippen molar-refractivity contribution in [3.63, 3.8) is 0 Å². The Hall–Kier alpha value is -0.240. The fraction of sp³-hybridized carbons (Fsp3) is 0.500. The summed E-state index contributed by atoms with van der Waals surface area (Å²) in [7, 11) is 2.03. The number of benzene rings is 1. The highest BCUT2D eigenvalue weighted by Gasteiger charge is 2.27. The molecule has 3 heteroatoms. The third-order valence-electron chi connectivity index (χ3n) is 3.26. The maximum absolute atomic E-state index is 6.03. The monoisotopic (exact) mass is 243 g/mol. The normalized spacial score (nSPS) is 25.8. The van der Waals surface area contributed by atoms with E-state index in [-0.39, 0.29) is 0 Å². The Morgan fingerprint density at radius 2 is 2.00 bits per heavy atom. The third-order valence-corrected chi connectivity index (χ3v) is 4.00. The molecule has 1 nitrogen and oxygen atoms in total. The number of hydrogen-bond donors (Lipinski definition) is 1. The quantitative estimate of drug-likeness (QED) is 0.833. The topological polar surface area (TPSA) is 12.0 Å². The summed E-state index contributed by atoms with van der Waals surface area (Å²) >= 11 is 11.9. The van der Waals surface area contributed by atoms with Crippen molar-refractivity contribution < 1.29 is 0 Å². The number of likely N-dealkylation sites (N-methyl/N-ethyl adjacent to an activating group) is 1. The van der Waals surface area contributed by atoms with Gasteiger partial charge in [-0.1, -0.05) is 35.7 Å². The van der Waals surface area contributed by atoms with Crippen LogP contribution in [-0.4, -0.2) is 13.1 Å². The number of rotatable bonds is 2. The number of nitrogens with one attached hydrogen (secondary N) is 1. The maximum atomic E-state index is 6.03. The van der Waals surface area contributed by atoms with E-state index in [9.17, 15) is 0 Å². The first-order chi connectivity index (χ1) is 7.22. The van der Waals surface area contributed by atoms with Crippen LogP contribution >= 0.6 is 23.2 Å². The summed E-state index contributed by atoms with van der Waals surface area (Å²) in [5, 5.41) is 4.67. The van der Waals surface area contributed by atoms with Crippen molar-refractivity contribution in [3.8, 4) is 0 Å². The highest BCUT2D eigenvalue weighted by molar-refractivity contribution is 6.42. The minimum atomic E-state index is 0.585. The van der Waals surface area contributed by atoms with Gasteiger partial charge in [-0.2, -0.15) is 0 Å². The van der Waals surface area contributed by atoms with E-state index in [0.29, 0.717) is 22.0 Å². The van der Waals surface area contributed by atoms with Gasteiger partial charge in [-0.15, -0.1) is 0 Å². The second-order valence-electron chi connectivity index (χ2n) is 4.11. The molecule has 1 aliphatic carbocycles. The van der Waals surface area contributed by atoms with Crippen LogP contribution in [0.4, 0.5) is 0 Å². The first-order valence-corrected chi connectivity index (χ1v) is 6.10. The molecular weight excluding hydrogens is 229 g/mol. The molecule has 0 aliphatic heterocycles. The first kappa shape index (κ1) is 11.3. The highest BCUT2D eigenvalue weighted by atomic mass is 35.5. The van der Waals surface area contributed by atoms with E-state index in [1.165, 1.54) is 24.8 Å². The van der Waals surface area contributed by atoms with Crippen molar-refractivity contribution in [1.82, 2.24) is 5.32 Å². The molecule has 1 aromatic rings. The van der Waals surface area contributed by atoms with Gasteiger partial charge >= 0.3 is 0 Å². The van der Waals surface area contributed by atoms with Gasteiger partial charge in [0.2, 0.25) is 0 Å². The van der Waals surface area contributed by atoms with Gasteiger partial charge in [-0.3, -0.25) is 0 Å². The Balaban J connectivity index is 2.25. The van der Waals surface area contributed by atoms with Crippen molar-refractivity contribution in [2.75, 3.05) is 7.05 Å². The number of hydrogen-bond acceptors (Lipinski definition) is 1. The zero-order valence-electron chi connectivity index (χ0n) is 8.76. The SMILES string of the molecule is CNC1CCCC1c1ccc(Cl)c(Cl)c1. The van der Waals surface area contributed by atoms with E-state index in [4.69, 9.17) is 23.2 Å². The molecule has 1 fully saturated rings. The van der Waals surface area contributed by atoms with E-state index >= 15 is 0 Å². The Morgan fingerprint density at radius 1 is 1.20 bits per heavy atom. The van der Waals surface area contributed by atoms with E-state index in [2.05, 4.69) is 11.4 Å². The van der Waals surface area contributed by atoms with Crippen LogP contribution in [0.15, 0.2) is 18.2 Å². The zero-order chi connectivity index (χ0) is 10.8. The first-order valence-electron chi connectivity index (χ1n) is 5.34. The molecular formula is C12H15Cl2N. The molecule has 1 N–H and O–H groups in total. The van der Waals surface area contributed by atoms with Crippen LogP contribution in [0.5, 0.6) is 0 Å². The summed E-state index contributed by atoms with van der Waals surface area (Å²) in [5.41, 5.74) is 1.31. The van der Waals surface area contributed by atoms with Crippen LogP contribution in [0.1, 0.15) is 30.7 Å². The molecule has 0 radical (unpaired) electrons. The maximum Gasteiger partial charge on any atom is 0.0595 e. The molecule has 15 heavy (non-hydrogen) atoms. The molecule has 82 valence electrons. The van der Waals surface area contributed by atoms with Gasteiger partial charge in [0.15, 0.2) is 0 Å². The lowest BCUT2D eigenvalue weighted by atomic mass is 9.94. The van der Waals surface area contributed by atoms with Crippen LogP contribution in [0, 0.1) is 0 Å². The van der Waals surface area contributed by atoms with Crippen molar-refractivity contribution in [3.05, 3.63) is 33.8 Å². The minimum absolute atomic E-state index is 0.585. The molecule has 0 bridgehead atoms. The Bertz CT molecular complexity index is 351. The Labute approximate surface area is 101 Å². The summed E-state index contributed by atoms with van der Waals surface area (Å²) in [6.07, 6.45) is 3.78. The summed E-state index contributed by atoms with van der Waals surface area (Å²) < 4.78 is 0. The molecule has 0 heterocycles. The van der Waals surface area contributed by atoms with E-state index in [0.717, 1.165) is 0 Å². The van der Waals surface area contributed by atoms with E-state index < -0.39 is 0 Å². The fourth-order valence-corrected chi connectivity index (χ4v) is 2.75. The third kappa shape index (κ3) is 2.30. The number of halogens is 2. The molecule has 1 saturated carbocycles. The van der Waals surface area contributed by atoms with E-state index in [1.54, 1.807) is 0 Å². The van der Waals surface area contributed by atoms with Crippen LogP contribution in [0.3, 0.4) is 0 Å². The summed E-state index contributed by atoms with van der Waals surface area (Å²) in [6, 6.07) is 6.57. The van der Waals surface area contributed by atoms with Gasteiger partial charge in [0.25, 0.3) is 0 Å². The van der Waals surface area contributed by atoms with E-state index in [1.807, 2.05) is 19.2 Å². The van der Waals surface area contributed by atoms with Crippen LogP contribution in [-0.2, 0) is 0 Å². The van der Waals surface area contributed by atoms with Crippen LogP contribution < -0.4 is 5.32 Å². The molecule has 2 unspecified atom stereocenters. The van der Waals surface area contributed by atoms with Crippen LogP contribution in [0.2, 0.25) is 10.0 Å². The lowest BCUT2D eigenvalue weighted by Gasteiger charge is -2.19. The molecule has 0 saturated heterocycles. The second-order valence-corrected chi connectivity index (χ2v) is 4.92. The second kappa shape index (κ2) is 4.73.